The first-order valence-corrected chi connectivity index (χ1v) is 11.8. The largest absolute Gasteiger partial charge is 0.493 e. The van der Waals surface area contributed by atoms with Gasteiger partial charge < -0.3 is 14.2 Å². The second-order valence-electron chi connectivity index (χ2n) is 8.26. The fourth-order valence-corrected chi connectivity index (χ4v) is 4.53. The molecule has 4 rings (SSSR count). The van der Waals surface area contributed by atoms with Crippen molar-refractivity contribution in [3.05, 3.63) is 76.3 Å². The molecule has 1 aliphatic heterocycles. The van der Waals surface area contributed by atoms with Crippen molar-refractivity contribution in [3.63, 3.8) is 0 Å². The summed E-state index contributed by atoms with van der Waals surface area (Å²) in [5, 5.41) is 5.97. The zero-order valence-corrected chi connectivity index (χ0v) is 19.2. The van der Waals surface area contributed by atoms with Crippen LogP contribution in [0.1, 0.15) is 29.0 Å². The number of amides is 1. The number of likely N-dealkylation sites (tertiary alicyclic amines) is 1. The van der Waals surface area contributed by atoms with E-state index in [2.05, 4.69) is 29.2 Å². The number of carbonyl (C=O) groups excluding carboxylic acids is 1. The highest BCUT2D eigenvalue weighted by molar-refractivity contribution is 7.10. The summed E-state index contributed by atoms with van der Waals surface area (Å²) in [7, 11) is 2.06. The van der Waals surface area contributed by atoms with E-state index < -0.39 is 0 Å². The van der Waals surface area contributed by atoms with Gasteiger partial charge in [0, 0.05) is 49.1 Å². The summed E-state index contributed by atoms with van der Waals surface area (Å²) in [5.74, 6) is 1.31. The van der Waals surface area contributed by atoms with Gasteiger partial charge in [-0.3, -0.25) is 9.69 Å². The van der Waals surface area contributed by atoms with Gasteiger partial charge in [0.2, 0.25) is 5.91 Å². The monoisotopic (exact) mass is 451 g/mol. The van der Waals surface area contributed by atoms with Gasteiger partial charge in [0.25, 0.3) is 0 Å². The van der Waals surface area contributed by atoms with Crippen LogP contribution in [0, 0.1) is 5.92 Å². The number of carbonyl (C=O) groups is 1. The Balaban J connectivity index is 1.22. The number of benzene rings is 1. The number of rotatable bonds is 9. The normalized spacial score (nSPS) is 16.7. The van der Waals surface area contributed by atoms with Crippen LogP contribution in [0.5, 0.6) is 5.75 Å². The molecule has 1 amide bonds. The molecule has 0 saturated carbocycles. The molecule has 1 aliphatic rings. The first-order chi connectivity index (χ1) is 15.7. The van der Waals surface area contributed by atoms with Crippen molar-refractivity contribution < 1.29 is 14.1 Å². The first kappa shape index (κ1) is 22.3. The third-order valence-corrected chi connectivity index (χ3v) is 6.39. The zero-order valence-electron chi connectivity index (χ0n) is 18.4. The summed E-state index contributed by atoms with van der Waals surface area (Å²) in [6, 6.07) is 14.1. The molecule has 1 unspecified atom stereocenters. The molecule has 0 radical (unpaired) electrons. The summed E-state index contributed by atoms with van der Waals surface area (Å²) < 4.78 is 10.9. The zero-order chi connectivity index (χ0) is 22.2. The summed E-state index contributed by atoms with van der Waals surface area (Å²) in [6.07, 6.45) is 7.29. The average Bonchev–Trinajstić information content (AvgIpc) is 3.51. The van der Waals surface area contributed by atoms with E-state index in [1.165, 1.54) is 5.56 Å². The molecule has 1 saturated heterocycles. The number of piperidine rings is 1. The van der Waals surface area contributed by atoms with Crippen LogP contribution in [-0.2, 0) is 17.9 Å². The lowest BCUT2D eigenvalue weighted by molar-refractivity contribution is -0.127. The average molecular weight is 452 g/mol. The van der Waals surface area contributed by atoms with E-state index >= 15 is 0 Å². The lowest BCUT2D eigenvalue weighted by Gasteiger charge is -2.32. The Morgan fingerprint density at radius 2 is 2.16 bits per heavy atom. The van der Waals surface area contributed by atoms with E-state index in [4.69, 9.17) is 9.26 Å². The minimum Gasteiger partial charge on any atom is -0.493 e. The molecule has 0 aliphatic carbocycles. The van der Waals surface area contributed by atoms with Crippen LogP contribution in [0.3, 0.4) is 0 Å². The second kappa shape index (κ2) is 11.1. The molecule has 6 nitrogen and oxygen atoms in total. The summed E-state index contributed by atoms with van der Waals surface area (Å²) in [4.78, 5) is 17.8. The molecule has 0 N–H and O–H groups in total. The number of thiophene rings is 1. The van der Waals surface area contributed by atoms with E-state index in [1.807, 2.05) is 46.7 Å². The van der Waals surface area contributed by atoms with E-state index in [0.29, 0.717) is 12.5 Å². The van der Waals surface area contributed by atoms with Crippen molar-refractivity contribution in [1.29, 1.82) is 0 Å². The van der Waals surface area contributed by atoms with E-state index in [-0.39, 0.29) is 5.91 Å². The molecule has 168 valence electrons. The Hall–Kier alpha value is -2.90. The standard InChI is InChI=1S/C25H29N3O3S/c1-27(18-22-12-14-31-26-22)16-20-6-8-23(9-7-20)30-19-21-4-2-13-28(17-21)25(29)11-10-24-5-3-15-32-24/h3,5-12,14-15,21H,2,4,13,16-19H2,1H3/b11-10+. The predicted molar refractivity (Wildman–Crippen MR) is 126 cm³/mol. The number of hydrogen-bond acceptors (Lipinski definition) is 6. The van der Waals surface area contributed by atoms with Gasteiger partial charge in [0.05, 0.1) is 12.3 Å². The molecule has 3 aromatic rings. The fraction of sp³-hybridized carbons (Fsp3) is 0.360. The highest BCUT2D eigenvalue weighted by atomic mass is 32.1. The maximum Gasteiger partial charge on any atom is 0.246 e. The van der Waals surface area contributed by atoms with Gasteiger partial charge in [-0.15, -0.1) is 11.3 Å². The molecule has 1 aromatic carbocycles. The molecule has 7 heteroatoms. The smallest absolute Gasteiger partial charge is 0.246 e. The van der Waals surface area contributed by atoms with E-state index in [1.54, 1.807) is 23.7 Å². The van der Waals surface area contributed by atoms with Crippen LogP contribution in [0.15, 0.2) is 64.7 Å². The molecule has 3 heterocycles. The molecule has 1 fully saturated rings. The van der Waals surface area contributed by atoms with Crippen LogP contribution >= 0.6 is 11.3 Å². The van der Waals surface area contributed by atoms with Gasteiger partial charge in [-0.05, 0) is 55.1 Å². The Morgan fingerprint density at radius 3 is 2.91 bits per heavy atom. The van der Waals surface area contributed by atoms with Crippen LogP contribution in [0.25, 0.3) is 6.08 Å². The Bertz CT molecular complexity index is 984. The highest BCUT2D eigenvalue weighted by Crippen LogP contribution is 2.20. The van der Waals surface area contributed by atoms with Crippen molar-refractivity contribution in [1.82, 2.24) is 15.0 Å². The topological polar surface area (TPSA) is 58.8 Å². The molecular formula is C25H29N3O3S. The van der Waals surface area contributed by atoms with Gasteiger partial charge in [-0.1, -0.05) is 23.4 Å². The maximum absolute atomic E-state index is 12.5. The van der Waals surface area contributed by atoms with E-state index in [0.717, 1.165) is 55.3 Å². The fourth-order valence-electron chi connectivity index (χ4n) is 3.91. The van der Waals surface area contributed by atoms with Crippen molar-refractivity contribution in [2.75, 3.05) is 26.7 Å². The predicted octanol–water partition coefficient (Wildman–Crippen LogP) is 4.70. The maximum atomic E-state index is 12.5. The Morgan fingerprint density at radius 1 is 1.28 bits per heavy atom. The minimum atomic E-state index is 0.0854. The van der Waals surface area contributed by atoms with Crippen LogP contribution < -0.4 is 4.74 Å². The second-order valence-corrected chi connectivity index (χ2v) is 9.24. The molecule has 0 spiro atoms. The van der Waals surface area contributed by atoms with Gasteiger partial charge in [-0.25, -0.2) is 0 Å². The lowest BCUT2D eigenvalue weighted by atomic mass is 9.99. The summed E-state index contributed by atoms with van der Waals surface area (Å²) in [5.41, 5.74) is 2.14. The third kappa shape index (κ3) is 6.55. The quantitative estimate of drug-likeness (QED) is 0.442. The molecule has 0 bridgehead atoms. The van der Waals surface area contributed by atoms with Crippen LogP contribution in [0.2, 0.25) is 0 Å². The lowest BCUT2D eigenvalue weighted by Crippen LogP contribution is -2.40. The Labute approximate surface area is 193 Å². The van der Waals surface area contributed by atoms with Gasteiger partial charge in [0.15, 0.2) is 0 Å². The molecule has 32 heavy (non-hydrogen) atoms. The molecular weight excluding hydrogens is 422 g/mol. The van der Waals surface area contributed by atoms with Crippen molar-refractivity contribution >= 4 is 23.3 Å². The molecule has 2 aromatic heterocycles. The summed E-state index contributed by atoms with van der Waals surface area (Å²) >= 11 is 1.64. The highest BCUT2D eigenvalue weighted by Gasteiger charge is 2.23. The van der Waals surface area contributed by atoms with Gasteiger partial charge in [-0.2, -0.15) is 0 Å². The minimum absolute atomic E-state index is 0.0854. The number of ether oxygens (including phenoxy) is 1. The summed E-state index contributed by atoms with van der Waals surface area (Å²) in [6.45, 7) is 3.77. The van der Waals surface area contributed by atoms with Crippen LogP contribution in [0.4, 0.5) is 0 Å². The van der Waals surface area contributed by atoms with Crippen molar-refractivity contribution in [2.24, 2.45) is 5.92 Å². The van der Waals surface area contributed by atoms with Crippen LogP contribution in [-0.4, -0.2) is 47.6 Å². The first-order valence-electron chi connectivity index (χ1n) is 11.0. The van der Waals surface area contributed by atoms with Gasteiger partial charge in [0.1, 0.15) is 12.0 Å². The number of hydrogen-bond donors (Lipinski definition) is 0. The molecule has 1 atom stereocenters. The van der Waals surface area contributed by atoms with Gasteiger partial charge >= 0.3 is 0 Å². The van der Waals surface area contributed by atoms with E-state index in [9.17, 15) is 4.79 Å². The SMILES string of the molecule is CN(Cc1ccc(OCC2CCCN(C(=O)/C=C/c3cccs3)C2)cc1)Cc1ccon1. The Kier molecular flexibility index (Phi) is 7.74. The number of nitrogens with zero attached hydrogens (tertiary/aromatic N) is 3. The van der Waals surface area contributed by atoms with Crippen molar-refractivity contribution in [3.8, 4) is 5.75 Å². The van der Waals surface area contributed by atoms with Crippen molar-refractivity contribution in [2.45, 2.75) is 25.9 Å². The third-order valence-electron chi connectivity index (χ3n) is 5.55. The number of aromatic nitrogens is 1.